The van der Waals surface area contributed by atoms with Gasteiger partial charge in [-0.15, -0.1) is 11.3 Å². The molecule has 134 valence electrons. The average molecular weight is 380 g/mol. The second-order valence-corrected chi connectivity index (χ2v) is 9.09. The molecule has 0 aliphatic carbocycles. The maximum atomic E-state index is 12.5. The quantitative estimate of drug-likeness (QED) is 0.831. The van der Waals surface area contributed by atoms with Gasteiger partial charge in [-0.1, -0.05) is 12.1 Å². The average Bonchev–Trinajstić information content (AvgIpc) is 3.18. The summed E-state index contributed by atoms with van der Waals surface area (Å²) < 4.78 is 26.8. The molecule has 1 amide bonds. The van der Waals surface area contributed by atoms with E-state index in [-0.39, 0.29) is 11.8 Å². The van der Waals surface area contributed by atoms with Crippen LogP contribution in [0.15, 0.2) is 46.1 Å². The van der Waals surface area contributed by atoms with Crippen molar-refractivity contribution in [2.75, 3.05) is 19.6 Å². The Morgan fingerprint density at radius 2 is 2.04 bits per heavy atom. The molecule has 25 heavy (non-hydrogen) atoms. The molecular formula is C17H21N3O3S2. The first-order chi connectivity index (χ1) is 12.1. The van der Waals surface area contributed by atoms with Gasteiger partial charge in [0.1, 0.15) is 4.21 Å². The predicted molar refractivity (Wildman–Crippen MR) is 96.8 cm³/mol. The third kappa shape index (κ3) is 4.45. The van der Waals surface area contributed by atoms with Crippen molar-refractivity contribution in [3.63, 3.8) is 0 Å². The van der Waals surface area contributed by atoms with Crippen LogP contribution in [0.25, 0.3) is 0 Å². The Balaban J connectivity index is 1.46. The lowest BCUT2D eigenvalue weighted by atomic mass is 9.97. The zero-order valence-corrected chi connectivity index (χ0v) is 15.4. The maximum absolute atomic E-state index is 12.5. The van der Waals surface area contributed by atoms with Crippen LogP contribution in [0.3, 0.4) is 0 Å². The van der Waals surface area contributed by atoms with Gasteiger partial charge in [-0.05, 0) is 36.4 Å². The van der Waals surface area contributed by atoms with Crippen LogP contribution in [-0.2, 0) is 21.2 Å². The van der Waals surface area contributed by atoms with Crippen LogP contribution in [0.1, 0.15) is 18.5 Å². The molecule has 3 rings (SSSR count). The number of nitrogens with one attached hydrogen (secondary N) is 1. The molecule has 8 heteroatoms. The van der Waals surface area contributed by atoms with Gasteiger partial charge in [-0.2, -0.15) is 4.31 Å². The van der Waals surface area contributed by atoms with Gasteiger partial charge >= 0.3 is 0 Å². The first-order valence-electron chi connectivity index (χ1n) is 8.28. The van der Waals surface area contributed by atoms with Gasteiger partial charge in [0.05, 0.1) is 0 Å². The smallest absolute Gasteiger partial charge is 0.252 e. The van der Waals surface area contributed by atoms with Crippen molar-refractivity contribution in [3.05, 3.63) is 47.6 Å². The highest BCUT2D eigenvalue weighted by Crippen LogP contribution is 2.26. The summed E-state index contributed by atoms with van der Waals surface area (Å²) in [6, 6.07) is 9.07. The minimum absolute atomic E-state index is 0.00380. The molecule has 1 aliphatic heterocycles. The number of nitrogens with zero attached hydrogens (tertiary/aromatic N) is 2. The molecule has 0 aromatic carbocycles. The maximum Gasteiger partial charge on any atom is 0.252 e. The van der Waals surface area contributed by atoms with Gasteiger partial charge in [0.15, 0.2) is 0 Å². The number of carbonyl (C=O) groups excluding carboxylic acids is 1. The van der Waals surface area contributed by atoms with Gasteiger partial charge < -0.3 is 5.32 Å². The number of aromatic nitrogens is 1. The largest absolute Gasteiger partial charge is 0.355 e. The van der Waals surface area contributed by atoms with Crippen molar-refractivity contribution in [2.45, 2.75) is 23.5 Å². The summed E-state index contributed by atoms with van der Waals surface area (Å²) in [5.41, 5.74) is 0.944. The summed E-state index contributed by atoms with van der Waals surface area (Å²) in [5, 5.41) is 4.70. The van der Waals surface area contributed by atoms with Crippen LogP contribution < -0.4 is 5.32 Å². The predicted octanol–water partition coefficient (Wildman–Crippen LogP) is 1.90. The van der Waals surface area contributed by atoms with E-state index in [0.29, 0.717) is 43.1 Å². The minimum Gasteiger partial charge on any atom is -0.355 e. The van der Waals surface area contributed by atoms with Crippen LogP contribution in [0.2, 0.25) is 0 Å². The zero-order valence-electron chi connectivity index (χ0n) is 13.8. The molecule has 0 saturated carbocycles. The number of piperidine rings is 1. The molecule has 0 spiro atoms. The van der Waals surface area contributed by atoms with Crippen LogP contribution in [0.4, 0.5) is 0 Å². The summed E-state index contributed by atoms with van der Waals surface area (Å²) in [7, 11) is -3.41. The fourth-order valence-electron chi connectivity index (χ4n) is 2.90. The lowest BCUT2D eigenvalue weighted by Gasteiger charge is -2.30. The summed E-state index contributed by atoms with van der Waals surface area (Å²) in [4.78, 5) is 16.5. The second kappa shape index (κ2) is 8.07. The fourth-order valence-corrected chi connectivity index (χ4v) is 5.51. The molecule has 3 heterocycles. The molecule has 0 radical (unpaired) electrons. The Labute approximate surface area is 151 Å². The third-order valence-corrected chi connectivity index (χ3v) is 7.59. The Hall–Kier alpha value is -1.77. The number of carbonyl (C=O) groups is 1. The van der Waals surface area contributed by atoms with E-state index in [1.807, 2.05) is 18.2 Å². The van der Waals surface area contributed by atoms with Crippen LogP contribution in [0, 0.1) is 5.92 Å². The standard InChI is InChI=1S/C17H21N3O3S2/c21-17(19-10-6-15-4-1-2-9-18-15)14-7-11-20(12-8-14)25(22,23)16-5-3-13-24-16/h1-5,9,13-14H,6-8,10-12H2,(H,19,21). The Bertz CT molecular complexity index is 784. The van der Waals surface area contributed by atoms with E-state index >= 15 is 0 Å². The summed E-state index contributed by atoms with van der Waals surface area (Å²) in [6.07, 6.45) is 3.54. The van der Waals surface area contributed by atoms with Crippen LogP contribution in [0.5, 0.6) is 0 Å². The lowest BCUT2D eigenvalue weighted by molar-refractivity contribution is -0.126. The van der Waals surface area contributed by atoms with Gasteiger partial charge in [-0.3, -0.25) is 9.78 Å². The van der Waals surface area contributed by atoms with E-state index in [9.17, 15) is 13.2 Å². The summed E-state index contributed by atoms with van der Waals surface area (Å²) >= 11 is 1.22. The number of thiophene rings is 1. The molecule has 0 atom stereocenters. The van der Waals surface area contributed by atoms with Crippen molar-refractivity contribution in [1.82, 2.24) is 14.6 Å². The SMILES string of the molecule is O=C(NCCc1ccccn1)C1CCN(S(=O)(=O)c2cccs2)CC1. The van der Waals surface area contributed by atoms with E-state index in [2.05, 4.69) is 10.3 Å². The number of sulfonamides is 1. The minimum atomic E-state index is -3.41. The van der Waals surface area contributed by atoms with Gasteiger partial charge in [0.2, 0.25) is 5.91 Å². The Morgan fingerprint density at radius 1 is 1.24 bits per heavy atom. The Morgan fingerprint density at radius 3 is 2.68 bits per heavy atom. The molecule has 6 nitrogen and oxygen atoms in total. The lowest BCUT2D eigenvalue weighted by Crippen LogP contribution is -2.43. The number of pyridine rings is 1. The number of hydrogen-bond donors (Lipinski definition) is 1. The van der Waals surface area contributed by atoms with E-state index < -0.39 is 10.0 Å². The molecule has 1 saturated heterocycles. The molecule has 2 aromatic rings. The normalized spacial score (nSPS) is 16.6. The first-order valence-corrected chi connectivity index (χ1v) is 10.6. The highest BCUT2D eigenvalue weighted by Gasteiger charge is 2.32. The topological polar surface area (TPSA) is 79.4 Å². The van der Waals surface area contributed by atoms with Crippen molar-refractivity contribution in [2.24, 2.45) is 5.92 Å². The molecular weight excluding hydrogens is 358 g/mol. The molecule has 1 N–H and O–H groups in total. The van der Waals surface area contributed by atoms with E-state index in [1.54, 1.807) is 23.7 Å². The molecule has 1 fully saturated rings. The van der Waals surface area contributed by atoms with Gasteiger partial charge in [0, 0.05) is 43.9 Å². The van der Waals surface area contributed by atoms with E-state index in [1.165, 1.54) is 15.6 Å². The van der Waals surface area contributed by atoms with E-state index in [4.69, 9.17) is 0 Å². The van der Waals surface area contributed by atoms with Crippen molar-refractivity contribution < 1.29 is 13.2 Å². The first kappa shape index (κ1) is 18.0. The molecule has 2 aromatic heterocycles. The van der Waals surface area contributed by atoms with Crippen molar-refractivity contribution in [3.8, 4) is 0 Å². The third-order valence-electron chi connectivity index (χ3n) is 4.32. The summed E-state index contributed by atoms with van der Waals surface area (Å²) in [6.45, 7) is 1.32. The number of amides is 1. The number of hydrogen-bond acceptors (Lipinski definition) is 5. The van der Waals surface area contributed by atoms with Gasteiger partial charge in [-0.25, -0.2) is 8.42 Å². The highest BCUT2D eigenvalue weighted by atomic mass is 32.2. The summed E-state index contributed by atoms with van der Waals surface area (Å²) in [5.74, 6) is -0.123. The highest BCUT2D eigenvalue weighted by molar-refractivity contribution is 7.91. The zero-order chi connectivity index (χ0) is 17.7. The molecule has 1 aliphatic rings. The van der Waals surface area contributed by atoms with Gasteiger partial charge in [0.25, 0.3) is 10.0 Å². The van der Waals surface area contributed by atoms with Crippen LogP contribution in [-0.4, -0.2) is 43.2 Å². The molecule has 0 bridgehead atoms. The van der Waals surface area contributed by atoms with Crippen molar-refractivity contribution >= 4 is 27.3 Å². The van der Waals surface area contributed by atoms with Crippen LogP contribution >= 0.6 is 11.3 Å². The molecule has 0 unspecified atom stereocenters. The van der Waals surface area contributed by atoms with Crippen molar-refractivity contribution in [1.29, 1.82) is 0 Å². The Kier molecular flexibility index (Phi) is 5.82. The van der Waals surface area contributed by atoms with E-state index in [0.717, 1.165) is 5.69 Å². The fraction of sp³-hybridized carbons (Fsp3) is 0.412. The monoisotopic (exact) mass is 379 g/mol. The number of rotatable bonds is 6. The second-order valence-electron chi connectivity index (χ2n) is 5.97.